The molecule has 9 heteroatoms. The summed E-state index contributed by atoms with van der Waals surface area (Å²) in [6, 6.07) is 11.5. The van der Waals surface area contributed by atoms with Gasteiger partial charge in [-0.05, 0) is 48.2 Å². The number of anilines is 1. The summed E-state index contributed by atoms with van der Waals surface area (Å²) in [5, 5.41) is 0.585. The lowest BCUT2D eigenvalue weighted by molar-refractivity contribution is 0.0997. The second kappa shape index (κ2) is 8.73. The van der Waals surface area contributed by atoms with Gasteiger partial charge in [0.05, 0.1) is 30.8 Å². The molecule has 0 unspecified atom stereocenters. The molecule has 2 aromatic carbocycles. The number of ether oxygens (including phenoxy) is 1. The van der Waals surface area contributed by atoms with Crippen LogP contribution >= 0.6 is 11.6 Å². The molecule has 7 nitrogen and oxygen atoms in total. The first-order valence-electron chi connectivity index (χ1n) is 8.90. The van der Waals surface area contributed by atoms with Gasteiger partial charge >= 0.3 is 0 Å². The largest absolute Gasteiger partial charge is 0.495 e. The highest BCUT2D eigenvalue weighted by Gasteiger charge is 2.26. The van der Waals surface area contributed by atoms with E-state index in [0.717, 1.165) is 11.1 Å². The number of nitrogens with one attached hydrogen (secondary N) is 1. The normalized spacial score (nSPS) is 11.2. The summed E-state index contributed by atoms with van der Waals surface area (Å²) in [5.41, 5.74) is 7.79. The Morgan fingerprint density at radius 1 is 1.17 bits per heavy atom. The average molecular weight is 446 g/mol. The van der Waals surface area contributed by atoms with E-state index in [0.29, 0.717) is 16.3 Å². The number of carbonyl (C=O) groups is 1. The van der Waals surface area contributed by atoms with Crippen LogP contribution in [0.1, 0.15) is 27.0 Å². The van der Waals surface area contributed by atoms with Crippen LogP contribution in [0.25, 0.3) is 0 Å². The number of pyridine rings is 1. The molecule has 0 aliphatic carbocycles. The van der Waals surface area contributed by atoms with Gasteiger partial charge in [-0.25, -0.2) is 8.42 Å². The molecule has 1 aromatic heterocycles. The zero-order valence-electron chi connectivity index (χ0n) is 16.3. The Morgan fingerprint density at radius 2 is 1.93 bits per heavy atom. The minimum absolute atomic E-state index is 0.0949. The van der Waals surface area contributed by atoms with E-state index in [1.807, 2.05) is 13.0 Å². The Labute approximate surface area is 179 Å². The van der Waals surface area contributed by atoms with Crippen LogP contribution in [-0.2, 0) is 16.4 Å². The molecule has 3 rings (SSSR count). The molecule has 0 atom stereocenters. The number of amides is 1. The van der Waals surface area contributed by atoms with Gasteiger partial charge in [0.1, 0.15) is 10.6 Å². The zero-order chi connectivity index (χ0) is 21.9. The van der Waals surface area contributed by atoms with Gasteiger partial charge in [-0.15, -0.1) is 0 Å². The molecule has 0 bridgehead atoms. The maximum absolute atomic E-state index is 13.3. The summed E-state index contributed by atoms with van der Waals surface area (Å²) < 4.78 is 34.1. The minimum Gasteiger partial charge on any atom is -0.495 e. The van der Waals surface area contributed by atoms with E-state index in [4.69, 9.17) is 22.1 Å². The number of nitrogens with zero attached hydrogens (tertiary/aromatic N) is 1. The van der Waals surface area contributed by atoms with Crippen molar-refractivity contribution in [2.24, 2.45) is 5.73 Å². The van der Waals surface area contributed by atoms with Gasteiger partial charge in [0.15, 0.2) is 0 Å². The summed E-state index contributed by atoms with van der Waals surface area (Å²) in [7, 11) is -2.71. The van der Waals surface area contributed by atoms with Crippen molar-refractivity contribution in [3.05, 3.63) is 82.1 Å². The van der Waals surface area contributed by atoms with Gasteiger partial charge in [-0.3, -0.25) is 14.5 Å². The molecule has 1 amide bonds. The van der Waals surface area contributed by atoms with E-state index in [-0.39, 0.29) is 22.6 Å². The topological polar surface area (TPSA) is 111 Å². The van der Waals surface area contributed by atoms with Crippen LogP contribution in [-0.4, -0.2) is 26.4 Å². The van der Waals surface area contributed by atoms with E-state index in [1.165, 1.54) is 31.6 Å². The van der Waals surface area contributed by atoms with Crippen LogP contribution in [0, 0.1) is 6.92 Å². The molecule has 0 saturated heterocycles. The van der Waals surface area contributed by atoms with Crippen molar-refractivity contribution in [2.75, 3.05) is 11.8 Å². The Morgan fingerprint density at radius 3 is 2.60 bits per heavy atom. The summed E-state index contributed by atoms with van der Waals surface area (Å²) in [5.74, 6) is -0.454. The first-order valence-corrected chi connectivity index (χ1v) is 10.8. The van der Waals surface area contributed by atoms with Crippen molar-refractivity contribution in [1.82, 2.24) is 4.98 Å². The Hall–Kier alpha value is -3.10. The van der Waals surface area contributed by atoms with E-state index in [2.05, 4.69) is 9.71 Å². The minimum atomic E-state index is -4.16. The van der Waals surface area contributed by atoms with Gasteiger partial charge in [0, 0.05) is 11.1 Å². The van der Waals surface area contributed by atoms with E-state index in [9.17, 15) is 13.2 Å². The molecule has 0 fully saturated rings. The number of methoxy groups -OCH3 is 1. The second-order valence-corrected chi connectivity index (χ2v) is 8.68. The average Bonchev–Trinajstić information content (AvgIpc) is 2.69. The molecule has 0 aliphatic rings. The predicted molar refractivity (Wildman–Crippen MR) is 116 cm³/mol. The number of carbonyl (C=O) groups excluding carboxylic acids is 1. The fourth-order valence-corrected chi connectivity index (χ4v) is 4.78. The van der Waals surface area contributed by atoms with Crippen LogP contribution in [0.4, 0.5) is 5.69 Å². The number of sulfonamides is 1. The van der Waals surface area contributed by atoms with E-state index >= 15 is 0 Å². The Kier molecular flexibility index (Phi) is 6.28. The smallest absolute Gasteiger partial charge is 0.263 e. The zero-order valence-corrected chi connectivity index (χ0v) is 17.9. The van der Waals surface area contributed by atoms with E-state index < -0.39 is 15.9 Å². The number of rotatable bonds is 7. The van der Waals surface area contributed by atoms with Crippen molar-refractivity contribution in [2.45, 2.75) is 18.2 Å². The summed E-state index contributed by atoms with van der Waals surface area (Å²) in [6.07, 6.45) is 3.07. The fraction of sp³-hybridized carbons (Fsp3) is 0.143. The molecule has 0 radical (unpaired) electrons. The lowest BCUT2D eigenvalue weighted by Crippen LogP contribution is -2.22. The highest BCUT2D eigenvalue weighted by atomic mass is 35.5. The fourth-order valence-electron chi connectivity index (χ4n) is 3.09. The maximum atomic E-state index is 13.3. The number of hydrogen-bond donors (Lipinski definition) is 2. The first-order chi connectivity index (χ1) is 14.2. The highest BCUT2D eigenvalue weighted by molar-refractivity contribution is 7.92. The van der Waals surface area contributed by atoms with Crippen LogP contribution in [0.3, 0.4) is 0 Å². The third-order valence-corrected chi connectivity index (χ3v) is 6.28. The molecule has 30 heavy (non-hydrogen) atoms. The Bertz CT molecular complexity index is 1210. The number of benzene rings is 2. The van der Waals surface area contributed by atoms with Gasteiger partial charge in [-0.2, -0.15) is 0 Å². The molecule has 156 valence electrons. The predicted octanol–water partition coefficient (Wildman–Crippen LogP) is 3.54. The number of nitrogens with two attached hydrogens (primary N) is 1. The molecular formula is C21H20ClN3O4S. The third kappa shape index (κ3) is 4.72. The maximum Gasteiger partial charge on any atom is 0.263 e. The van der Waals surface area contributed by atoms with Crippen molar-refractivity contribution >= 4 is 33.2 Å². The second-order valence-electron chi connectivity index (χ2n) is 6.62. The van der Waals surface area contributed by atoms with Crippen molar-refractivity contribution in [3.8, 4) is 5.75 Å². The van der Waals surface area contributed by atoms with Crippen molar-refractivity contribution in [3.63, 3.8) is 0 Å². The van der Waals surface area contributed by atoms with Gasteiger partial charge in [-0.1, -0.05) is 29.8 Å². The number of hydrogen-bond acceptors (Lipinski definition) is 5. The van der Waals surface area contributed by atoms with Crippen molar-refractivity contribution < 1.29 is 17.9 Å². The molecule has 0 spiro atoms. The van der Waals surface area contributed by atoms with Gasteiger partial charge < -0.3 is 10.5 Å². The number of halogens is 1. The molecule has 3 N–H and O–H groups in total. The molecule has 0 saturated carbocycles. The summed E-state index contributed by atoms with van der Waals surface area (Å²) >= 11 is 6.02. The quantitative estimate of drug-likeness (QED) is 0.577. The Balaban J connectivity index is 2.10. The van der Waals surface area contributed by atoms with Crippen LogP contribution in [0.15, 0.2) is 59.8 Å². The van der Waals surface area contributed by atoms with Crippen LogP contribution in [0.5, 0.6) is 5.75 Å². The first kappa shape index (κ1) is 21.6. The molecule has 1 heterocycles. The summed E-state index contributed by atoms with van der Waals surface area (Å²) in [4.78, 5) is 15.8. The highest BCUT2D eigenvalue weighted by Crippen LogP contribution is 2.28. The SMILES string of the molecule is COc1cncc(NS(=O)(=O)c2c(Cc3ccc(Cl)cc3C)cccc2C(N)=O)c1. The lowest BCUT2D eigenvalue weighted by Gasteiger charge is -2.16. The lowest BCUT2D eigenvalue weighted by atomic mass is 9.99. The van der Waals surface area contributed by atoms with Gasteiger partial charge in [0.25, 0.3) is 10.0 Å². The molecular weight excluding hydrogens is 426 g/mol. The van der Waals surface area contributed by atoms with Crippen molar-refractivity contribution in [1.29, 1.82) is 0 Å². The van der Waals surface area contributed by atoms with Gasteiger partial charge in [0.2, 0.25) is 5.91 Å². The van der Waals surface area contributed by atoms with Crippen LogP contribution < -0.4 is 15.2 Å². The molecule has 3 aromatic rings. The number of aryl methyl sites for hydroxylation is 1. The monoisotopic (exact) mass is 445 g/mol. The summed E-state index contributed by atoms with van der Waals surface area (Å²) in [6.45, 7) is 1.88. The van der Waals surface area contributed by atoms with E-state index in [1.54, 1.807) is 24.3 Å². The number of primary amides is 1. The standard InChI is InChI=1S/C21H20ClN3O4S/c1-13-8-16(22)7-6-14(13)9-15-4-3-5-19(21(23)26)20(15)30(27,28)25-17-10-18(29-2)12-24-11-17/h3-8,10-12,25H,9H2,1-2H3,(H2,23,26). The third-order valence-electron chi connectivity index (χ3n) is 4.52. The van der Waals surface area contributed by atoms with Crippen LogP contribution in [0.2, 0.25) is 5.02 Å². The number of aromatic nitrogens is 1. The molecule has 0 aliphatic heterocycles.